The number of rotatable bonds is 4. The molecule has 2 N–H and O–H groups in total. The van der Waals surface area contributed by atoms with Gasteiger partial charge in [-0.1, -0.05) is 11.8 Å². The Balaban J connectivity index is 1.51. The van der Waals surface area contributed by atoms with Gasteiger partial charge in [0.1, 0.15) is 18.1 Å². The number of anilines is 1. The number of nitrogens with zero attached hydrogens (tertiary/aromatic N) is 5. The van der Waals surface area contributed by atoms with Crippen LogP contribution in [0.5, 0.6) is 5.88 Å². The van der Waals surface area contributed by atoms with Gasteiger partial charge in [0.05, 0.1) is 49.4 Å². The molecule has 10 heteroatoms. The third-order valence-electron chi connectivity index (χ3n) is 4.77. The van der Waals surface area contributed by atoms with Crippen molar-refractivity contribution in [3.8, 4) is 17.7 Å². The number of halogens is 1. The molecule has 1 atom stereocenters. The maximum Gasteiger partial charge on any atom is 0.322 e. The molecule has 0 aromatic carbocycles. The van der Waals surface area contributed by atoms with Crippen LogP contribution in [0.25, 0.3) is 0 Å². The molecule has 3 aromatic heterocycles. The number of ether oxygens (including phenoxy) is 1. The molecular weight excluding hydrogens is 415 g/mol. The Morgan fingerprint density at radius 3 is 2.91 bits per heavy atom. The number of hydrogen-bond donors (Lipinski definition) is 2. The molecule has 4 heterocycles. The molecule has 164 valence electrons. The second-order valence-corrected chi connectivity index (χ2v) is 7.09. The highest BCUT2D eigenvalue weighted by Gasteiger charge is 2.26. The third-order valence-corrected chi connectivity index (χ3v) is 4.77. The fraction of sp³-hybridized carbons (Fsp3) is 0.273. The molecular formula is C22H21FN6O3. The molecule has 0 spiro atoms. The summed E-state index contributed by atoms with van der Waals surface area (Å²) in [6.45, 7) is 2.82. The van der Waals surface area contributed by atoms with Gasteiger partial charge in [0.25, 0.3) is 0 Å². The van der Waals surface area contributed by atoms with Crippen LogP contribution in [0.2, 0.25) is 0 Å². The Hall–Kier alpha value is -3.97. The van der Waals surface area contributed by atoms with Crippen LogP contribution in [-0.2, 0) is 6.54 Å². The van der Waals surface area contributed by atoms with Crippen LogP contribution in [0.4, 0.5) is 14.9 Å². The number of aliphatic hydroxyl groups excluding tert-OH is 1. The van der Waals surface area contributed by atoms with Gasteiger partial charge in [-0.15, -0.1) is 0 Å². The Labute approximate surface area is 183 Å². The predicted octanol–water partition coefficient (Wildman–Crippen LogP) is 1.87. The quantitative estimate of drug-likeness (QED) is 0.605. The van der Waals surface area contributed by atoms with E-state index in [-0.39, 0.29) is 12.6 Å². The Bertz CT molecular complexity index is 1170. The smallest absolute Gasteiger partial charge is 0.322 e. The first-order chi connectivity index (χ1) is 15.5. The van der Waals surface area contributed by atoms with Crippen LogP contribution in [0.3, 0.4) is 0 Å². The highest BCUT2D eigenvalue weighted by atomic mass is 19.1. The summed E-state index contributed by atoms with van der Waals surface area (Å²) in [5.74, 6) is 5.92. The zero-order valence-corrected chi connectivity index (χ0v) is 17.3. The van der Waals surface area contributed by atoms with Crippen LogP contribution in [0.1, 0.15) is 29.8 Å². The van der Waals surface area contributed by atoms with E-state index in [0.717, 1.165) is 6.20 Å². The summed E-state index contributed by atoms with van der Waals surface area (Å²) >= 11 is 0. The SMILES string of the molecule is C[C@H](NC(=O)N1CCOc2ncc(C#Cc3cnn(CCO)c3)cc21)c1ccc(F)cn1. The lowest BCUT2D eigenvalue weighted by atomic mass is 10.2. The summed E-state index contributed by atoms with van der Waals surface area (Å²) in [4.78, 5) is 22.8. The summed E-state index contributed by atoms with van der Waals surface area (Å²) in [5.41, 5.74) is 2.36. The van der Waals surface area contributed by atoms with Gasteiger partial charge in [-0.25, -0.2) is 14.2 Å². The molecule has 2 amide bonds. The van der Waals surface area contributed by atoms with Crippen LogP contribution >= 0.6 is 0 Å². The highest BCUT2D eigenvalue weighted by Crippen LogP contribution is 2.30. The van der Waals surface area contributed by atoms with Gasteiger partial charge < -0.3 is 15.2 Å². The molecule has 4 rings (SSSR count). The van der Waals surface area contributed by atoms with Gasteiger partial charge in [-0.2, -0.15) is 5.10 Å². The third kappa shape index (κ3) is 4.84. The minimum absolute atomic E-state index is 0.00295. The number of amides is 2. The molecule has 3 aromatic rings. The van der Waals surface area contributed by atoms with Gasteiger partial charge >= 0.3 is 6.03 Å². The molecule has 0 saturated heterocycles. The van der Waals surface area contributed by atoms with Crippen molar-refractivity contribution in [1.82, 2.24) is 25.1 Å². The highest BCUT2D eigenvalue weighted by molar-refractivity contribution is 5.94. The van der Waals surface area contributed by atoms with Crippen LogP contribution in [-0.4, -0.2) is 50.6 Å². The minimum atomic E-state index is -0.435. The Morgan fingerprint density at radius 2 is 2.12 bits per heavy atom. The Kier molecular flexibility index (Phi) is 6.28. The first kappa shape index (κ1) is 21.3. The number of carbonyl (C=O) groups excluding carboxylic acids is 1. The molecule has 0 radical (unpaired) electrons. The zero-order valence-electron chi connectivity index (χ0n) is 17.3. The van der Waals surface area contributed by atoms with Crippen molar-refractivity contribution < 1.29 is 19.0 Å². The van der Waals surface area contributed by atoms with Crippen LogP contribution in [0.15, 0.2) is 43.0 Å². The fourth-order valence-electron chi connectivity index (χ4n) is 3.16. The maximum absolute atomic E-state index is 13.1. The van der Waals surface area contributed by atoms with E-state index in [1.807, 2.05) is 0 Å². The van der Waals surface area contributed by atoms with E-state index < -0.39 is 11.9 Å². The molecule has 0 unspecified atom stereocenters. The average Bonchev–Trinajstić information content (AvgIpc) is 3.25. The van der Waals surface area contributed by atoms with Gasteiger partial charge in [0.2, 0.25) is 5.88 Å². The number of fused-ring (bicyclic) bond motifs is 1. The first-order valence-electron chi connectivity index (χ1n) is 10.0. The van der Waals surface area contributed by atoms with Crippen molar-refractivity contribution in [2.45, 2.75) is 19.5 Å². The van der Waals surface area contributed by atoms with Crippen molar-refractivity contribution in [2.24, 2.45) is 0 Å². The van der Waals surface area contributed by atoms with Crippen molar-refractivity contribution in [1.29, 1.82) is 0 Å². The van der Waals surface area contributed by atoms with Crippen LogP contribution < -0.4 is 15.0 Å². The molecule has 0 saturated carbocycles. The fourth-order valence-corrected chi connectivity index (χ4v) is 3.16. The van der Waals surface area contributed by atoms with Crippen molar-refractivity contribution in [2.75, 3.05) is 24.7 Å². The molecule has 9 nitrogen and oxygen atoms in total. The summed E-state index contributed by atoms with van der Waals surface area (Å²) in [6.07, 6.45) is 6.05. The van der Waals surface area contributed by atoms with Crippen molar-refractivity contribution in [3.05, 3.63) is 65.6 Å². The lowest BCUT2D eigenvalue weighted by molar-refractivity contribution is 0.235. The van der Waals surface area contributed by atoms with Gasteiger partial charge in [-0.3, -0.25) is 14.6 Å². The first-order valence-corrected chi connectivity index (χ1v) is 10.0. The number of aromatic nitrogens is 4. The van der Waals surface area contributed by atoms with E-state index in [1.165, 1.54) is 17.0 Å². The van der Waals surface area contributed by atoms with E-state index in [9.17, 15) is 9.18 Å². The van der Waals surface area contributed by atoms with Crippen LogP contribution in [0, 0.1) is 17.7 Å². The van der Waals surface area contributed by atoms with E-state index in [0.29, 0.717) is 48.1 Å². The summed E-state index contributed by atoms with van der Waals surface area (Å²) in [7, 11) is 0. The predicted molar refractivity (Wildman–Crippen MR) is 114 cm³/mol. The number of pyridine rings is 2. The van der Waals surface area contributed by atoms with E-state index in [1.54, 1.807) is 36.3 Å². The number of nitrogens with one attached hydrogen (secondary N) is 1. The maximum atomic E-state index is 13.1. The number of carbonyl (C=O) groups is 1. The van der Waals surface area contributed by atoms with E-state index in [2.05, 4.69) is 32.2 Å². The van der Waals surface area contributed by atoms with Gasteiger partial charge in [0.15, 0.2) is 0 Å². The molecule has 0 bridgehead atoms. The molecule has 1 aliphatic heterocycles. The monoisotopic (exact) mass is 436 g/mol. The van der Waals surface area contributed by atoms with Gasteiger partial charge in [0, 0.05) is 18.0 Å². The van der Waals surface area contributed by atoms with Crippen molar-refractivity contribution >= 4 is 11.7 Å². The Morgan fingerprint density at radius 1 is 1.28 bits per heavy atom. The summed E-state index contributed by atoms with van der Waals surface area (Å²) in [6, 6.07) is 3.82. The summed E-state index contributed by atoms with van der Waals surface area (Å²) in [5, 5.41) is 16.0. The van der Waals surface area contributed by atoms with Gasteiger partial charge in [-0.05, 0) is 25.1 Å². The molecule has 0 fully saturated rings. The molecule has 32 heavy (non-hydrogen) atoms. The topological polar surface area (TPSA) is 105 Å². The normalized spacial score (nSPS) is 13.4. The molecule has 1 aliphatic rings. The lowest BCUT2D eigenvalue weighted by Gasteiger charge is -2.29. The summed E-state index contributed by atoms with van der Waals surface area (Å²) < 4.78 is 20.3. The van der Waals surface area contributed by atoms with E-state index >= 15 is 0 Å². The van der Waals surface area contributed by atoms with Crippen molar-refractivity contribution in [3.63, 3.8) is 0 Å². The largest absolute Gasteiger partial charge is 0.474 e. The van der Waals surface area contributed by atoms with E-state index in [4.69, 9.17) is 9.84 Å². The average molecular weight is 436 g/mol. The minimum Gasteiger partial charge on any atom is -0.474 e. The second-order valence-electron chi connectivity index (χ2n) is 7.09. The zero-order chi connectivity index (χ0) is 22.5. The lowest BCUT2D eigenvalue weighted by Crippen LogP contribution is -2.45. The number of aliphatic hydroxyl groups is 1. The number of urea groups is 1. The molecule has 0 aliphatic carbocycles. The number of hydrogen-bond acceptors (Lipinski definition) is 6. The standard InChI is InChI=1S/C22H21FN6O3/c1-15(19-5-4-18(23)13-24-19)27-22(31)29-7-9-32-21-20(29)10-16(11-25-21)2-3-17-12-26-28(14-17)6-8-30/h4-5,10-15,30H,6-9H2,1H3,(H,27,31)/t15-/m0/s1. The second kappa shape index (κ2) is 9.45.